The van der Waals surface area contributed by atoms with Crippen molar-refractivity contribution in [3.05, 3.63) is 0 Å². The van der Waals surface area contributed by atoms with Crippen molar-refractivity contribution in [2.24, 2.45) is 0 Å². The van der Waals surface area contributed by atoms with Crippen molar-refractivity contribution >= 4 is 5.91 Å². The second-order valence-electron chi connectivity index (χ2n) is 18.5. The average molecular weight is 842 g/mol. The highest BCUT2D eigenvalue weighted by Crippen LogP contribution is 2.23. The molecule has 0 bridgehead atoms. The number of unbranched alkanes of at least 4 members (excludes halogenated alkanes) is 33. The third kappa shape index (κ3) is 30.8. The predicted molar refractivity (Wildman–Crippen MR) is 244 cm³/mol. The van der Waals surface area contributed by atoms with Crippen LogP contribution in [-0.4, -0.2) is 87.0 Å². The van der Waals surface area contributed by atoms with Crippen molar-refractivity contribution < 1.29 is 39.8 Å². The molecule has 9 nitrogen and oxygen atoms in total. The molecular formula is C50H99NO8. The zero-order valence-electron chi connectivity index (χ0n) is 38.9. The number of amides is 1. The molecule has 1 rings (SSSR count). The van der Waals surface area contributed by atoms with Crippen molar-refractivity contribution in [2.45, 2.75) is 307 Å². The summed E-state index contributed by atoms with van der Waals surface area (Å²) in [6.45, 7) is 5.88. The maximum absolute atomic E-state index is 13.0. The number of hydrogen-bond donors (Lipinski definition) is 6. The first-order valence-corrected chi connectivity index (χ1v) is 25.7. The molecule has 1 saturated heterocycles. The van der Waals surface area contributed by atoms with Gasteiger partial charge in [-0.3, -0.25) is 4.79 Å². The molecule has 352 valence electrons. The molecule has 0 aromatic rings. The summed E-state index contributed by atoms with van der Waals surface area (Å²) < 4.78 is 11.3. The van der Waals surface area contributed by atoms with Crippen molar-refractivity contribution in [2.75, 3.05) is 6.61 Å². The van der Waals surface area contributed by atoms with Crippen LogP contribution in [0.25, 0.3) is 0 Å². The van der Waals surface area contributed by atoms with E-state index in [0.29, 0.717) is 12.8 Å². The molecule has 1 aliphatic heterocycles. The molecule has 0 saturated carbocycles. The van der Waals surface area contributed by atoms with Crippen LogP contribution < -0.4 is 5.32 Å². The molecule has 8 atom stereocenters. The van der Waals surface area contributed by atoms with E-state index < -0.39 is 49.0 Å². The summed E-state index contributed by atoms with van der Waals surface area (Å²) in [5.74, 6) is -0.215. The molecule has 0 aliphatic carbocycles. The molecular weight excluding hydrogens is 743 g/mol. The molecule has 1 fully saturated rings. The lowest BCUT2D eigenvalue weighted by Crippen LogP contribution is -2.58. The summed E-state index contributed by atoms with van der Waals surface area (Å²) in [6, 6.07) is -0.922. The van der Waals surface area contributed by atoms with Gasteiger partial charge in [0.1, 0.15) is 24.4 Å². The molecule has 6 N–H and O–H groups in total. The Bertz CT molecular complexity index is 910. The number of hydrogen-bond acceptors (Lipinski definition) is 8. The van der Waals surface area contributed by atoms with Gasteiger partial charge < -0.3 is 40.3 Å². The Morgan fingerprint density at radius 2 is 0.847 bits per heavy atom. The minimum absolute atomic E-state index is 0.215. The summed E-state index contributed by atoms with van der Waals surface area (Å²) in [7, 11) is 0. The Morgan fingerprint density at radius 1 is 0.508 bits per heavy atom. The van der Waals surface area contributed by atoms with Gasteiger partial charge in [0, 0.05) is 6.42 Å². The smallest absolute Gasteiger partial charge is 0.220 e. The first kappa shape index (κ1) is 56.2. The number of rotatable bonds is 43. The van der Waals surface area contributed by atoms with E-state index in [4.69, 9.17) is 9.47 Å². The summed E-state index contributed by atoms with van der Waals surface area (Å²) in [6.07, 6.45) is 37.1. The molecule has 1 heterocycles. The third-order valence-electron chi connectivity index (χ3n) is 12.8. The van der Waals surface area contributed by atoms with Crippen LogP contribution in [0.15, 0.2) is 0 Å². The summed E-state index contributed by atoms with van der Waals surface area (Å²) >= 11 is 0. The summed E-state index contributed by atoms with van der Waals surface area (Å²) in [5, 5.41) is 55.7. The van der Waals surface area contributed by atoms with Gasteiger partial charge >= 0.3 is 0 Å². The van der Waals surface area contributed by atoms with Gasteiger partial charge in [-0.15, -0.1) is 0 Å². The van der Waals surface area contributed by atoms with Gasteiger partial charge in [0.15, 0.2) is 6.29 Å². The lowest BCUT2D eigenvalue weighted by atomic mass is 9.98. The van der Waals surface area contributed by atoms with E-state index in [9.17, 15) is 30.3 Å². The van der Waals surface area contributed by atoms with Gasteiger partial charge in [0.25, 0.3) is 0 Å². The normalized spacial score (nSPS) is 21.1. The molecule has 1 amide bonds. The van der Waals surface area contributed by atoms with Crippen LogP contribution >= 0.6 is 0 Å². The number of nitrogens with one attached hydrogen (secondary N) is 1. The molecule has 9 heteroatoms. The fourth-order valence-corrected chi connectivity index (χ4v) is 8.56. The second kappa shape index (κ2) is 40.0. The van der Waals surface area contributed by atoms with E-state index in [0.717, 1.165) is 38.5 Å². The molecule has 0 spiro atoms. The second-order valence-corrected chi connectivity index (χ2v) is 18.5. The average Bonchev–Trinajstić information content (AvgIpc) is 3.23. The zero-order valence-corrected chi connectivity index (χ0v) is 38.9. The van der Waals surface area contributed by atoms with Gasteiger partial charge in [-0.1, -0.05) is 232 Å². The van der Waals surface area contributed by atoms with Crippen molar-refractivity contribution in [3.63, 3.8) is 0 Å². The highest BCUT2D eigenvalue weighted by molar-refractivity contribution is 5.76. The Morgan fingerprint density at radius 3 is 1.22 bits per heavy atom. The van der Waals surface area contributed by atoms with Crippen LogP contribution in [0.3, 0.4) is 0 Å². The molecule has 0 radical (unpaired) electrons. The fraction of sp³-hybridized carbons (Fsp3) is 0.980. The first-order valence-electron chi connectivity index (χ1n) is 25.7. The first-order chi connectivity index (χ1) is 28.7. The van der Waals surface area contributed by atoms with Crippen LogP contribution in [-0.2, 0) is 14.3 Å². The minimum atomic E-state index is -1.49. The van der Waals surface area contributed by atoms with Crippen molar-refractivity contribution in [1.29, 1.82) is 0 Å². The van der Waals surface area contributed by atoms with E-state index in [1.807, 2.05) is 0 Å². The van der Waals surface area contributed by atoms with Crippen LogP contribution in [0.5, 0.6) is 0 Å². The molecule has 0 aromatic carbocycles. The number of ether oxygens (including phenoxy) is 2. The highest BCUT2D eigenvalue weighted by atomic mass is 16.7. The number of aliphatic hydroxyl groups is 5. The number of carbonyl (C=O) groups excluding carboxylic acids is 1. The van der Waals surface area contributed by atoms with Crippen molar-refractivity contribution in [1.82, 2.24) is 5.32 Å². The monoisotopic (exact) mass is 842 g/mol. The van der Waals surface area contributed by atoms with Gasteiger partial charge in [-0.05, 0) is 19.8 Å². The predicted octanol–water partition coefficient (Wildman–Crippen LogP) is 11.5. The van der Waals surface area contributed by atoms with Crippen molar-refractivity contribution in [3.8, 4) is 0 Å². The quantitative estimate of drug-likeness (QED) is 0.0332. The van der Waals surface area contributed by atoms with Crippen LogP contribution in [0.1, 0.15) is 258 Å². The van der Waals surface area contributed by atoms with Crippen LogP contribution in [0, 0.1) is 0 Å². The highest BCUT2D eigenvalue weighted by Gasteiger charge is 2.43. The lowest BCUT2D eigenvalue weighted by Gasteiger charge is -2.39. The molecule has 4 unspecified atom stereocenters. The minimum Gasteiger partial charge on any atom is -0.390 e. The van der Waals surface area contributed by atoms with Gasteiger partial charge in [-0.2, -0.15) is 0 Å². The Labute approximate surface area is 364 Å². The van der Waals surface area contributed by atoms with E-state index in [2.05, 4.69) is 19.2 Å². The fourth-order valence-electron chi connectivity index (χ4n) is 8.56. The molecule has 1 aliphatic rings. The van der Waals surface area contributed by atoms with E-state index in [1.54, 1.807) is 6.92 Å². The van der Waals surface area contributed by atoms with Gasteiger partial charge in [-0.25, -0.2) is 0 Å². The van der Waals surface area contributed by atoms with Gasteiger partial charge in [0.05, 0.1) is 24.9 Å². The topological polar surface area (TPSA) is 149 Å². The summed E-state index contributed by atoms with van der Waals surface area (Å²) in [4.78, 5) is 13.0. The molecule has 59 heavy (non-hydrogen) atoms. The Balaban J connectivity index is 2.23. The Kier molecular flexibility index (Phi) is 38.1. The zero-order chi connectivity index (χ0) is 43.2. The SMILES string of the molecule is CCCCCCCCCCCCCCCCCCCCCCCCCC(=O)N[C@@H](COC1OC(C)[C@@H](O)C(O)C1O)[C@H](O)[C@H](O)CCCCCCCCCCCCCC. The van der Waals surface area contributed by atoms with Gasteiger partial charge in [0.2, 0.25) is 5.91 Å². The van der Waals surface area contributed by atoms with Crippen LogP contribution in [0.4, 0.5) is 0 Å². The molecule has 0 aromatic heterocycles. The van der Waals surface area contributed by atoms with E-state index in [1.165, 1.54) is 186 Å². The third-order valence-corrected chi connectivity index (χ3v) is 12.8. The maximum atomic E-state index is 13.0. The standard InChI is InChI=1S/C50H99NO8/c1-4-6-8-10-12-14-16-18-19-20-21-22-23-24-25-26-27-28-30-32-34-36-38-40-45(53)51-43(41-58-50-49(57)48(56)46(54)42(3)59-50)47(55)44(52)39-37-35-33-31-29-17-15-13-11-9-7-5-2/h42-44,46-50,52,54-57H,4-41H2,1-3H3,(H,51,53)/t42?,43-,44+,46+,47-,48?,49?,50?/m0/s1. The number of aliphatic hydroxyl groups excluding tert-OH is 5. The van der Waals surface area contributed by atoms with E-state index in [-0.39, 0.29) is 12.5 Å². The Hall–Kier alpha value is -0.810. The van der Waals surface area contributed by atoms with E-state index >= 15 is 0 Å². The summed E-state index contributed by atoms with van der Waals surface area (Å²) in [5.41, 5.74) is 0. The largest absolute Gasteiger partial charge is 0.390 e. The maximum Gasteiger partial charge on any atom is 0.220 e. The lowest BCUT2D eigenvalue weighted by molar-refractivity contribution is -0.295. The van der Waals surface area contributed by atoms with Crippen LogP contribution in [0.2, 0.25) is 0 Å². The number of carbonyl (C=O) groups is 1.